The Morgan fingerprint density at radius 2 is 1.86 bits per heavy atom. The molecule has 1 fully saturated rings. The van der Waals surface area contributed by atoms with Gasteiger partial charge in [-0.15, -0.1) is 0 Å². The van der Waals surface area contributed by atoms with Gasteiger partial charge >= 0.3 is 0 Å². The zero-order chi connectivity index (χ0) is 16.4. The van der Waals surface area contributed by atoms with Crippen molar-refractivity contribution in [2.75, 3.05) is 25.5 Å². The van der Waals surface area contributed by atoms with Gasteiger partial charge in [-0.25, -0.2) is 0 Å². The second-order valence-corrected chi connectivity index (χ2v) is 6.84. The molecule has 1 aliphatic heterocycles. The number of nitrogens with one attached hydrogen (secondary N) is 2. The van der Waals surface area contributed by atoms with Gasteiger partial charge in [0.15, 0.2) is 5.96 Å². The summed E-state index contributed by atoms with van der Waals surface area (Å²) in [6.07, 6.45) is 0. The smallest absolute Gasteiger partial charge is 0.243 e. The number of carbonyl (C=O) groups is 1. The first-order valence-electron chi connectivity index (χ1n) is 7.61. The van der Waals surface area contributed by atoms with Gasteiger partial charge in [0.25, 0.3) is 0 Å². The Bertz CT molecular complexity index is 563. The standard InChI is InChI=1S/C17H26N4O/c1-16(2)12-21(17(16,3)4)15(18-5)19-11-14(22)20-13-9-7-6-8-10-13/h6-10H,11-12H2,1-5H3,(H,18,19)(H,20,22). The van der Waals surface area contributed by atoms with Crippen molar-refractivity contribution in [1.82, 2.24) is 10.2 Å². The lowest BCUT2D eigenvalue weighted by Crippen LogP contribution is -2.72. The van der Waals surface area contributed by atoms with Gasteiger partial charge in [0.05, 0.1) is 6.54 Å². The number of benzene rings is 1. The maximum absolute atomic E-state index is 12.0. The van der Waals surface area contributed by atoms with Crippen LogP contribution in [0.5, 0.6) is 0 Å². The van der Waals surface area contributed by atoms with Crippen molar-refractivity contribution in [2.24, 2.45) is 10.4 Å². The van der Waals surface area contributed by atoms with E-state index in [1.54, 1.807) is 7.05 Å². The average molecular weight is 302 g/mol. The molecule has 0 saturated carbocycles. The topological polar surface area (TPSA) is 56.7 Å². The molecule has 2 rings (SSSR count). The lowest BCUT2D eigenvalue weighted by atomic mass is 9.65. The van der Waals surface area contributed by atoms with Crippen LogP contribution < -0.4 is 10.6 Å². The Morgan fingerprint density at radius 1 is 1.23 bits per heavy atom. The van der Waals surface area contributed by atoms with E-state index >= 15 is 0 Å². The summed E-state index contributed by atoms with van der Waals surface area (Å²) >= 11 is 0. The largest absolute Gasteiger partial charge is 0.347 e. The highest BCUT2D eigenvalue weighted by atomic mass is 16.1. The summed E-state index contributed by atoms with van der Waals surface area (Å²) in [5.41, 5.74) is 1.05. The maximum atomic E-state index is 12.0. The normalized spacial score (nSPS) is 19.3. The van der Waals surface area contributed by atoms with Crippen molar-refractivity contribution in [1.29, 1.82) is 0 Å². The number of aliphatic imine (C=N–C) groups is 1. The lowest BCUT2D eigenvalue weighted by Gasteiger charge is -2.62. The zero-order valence-electron chi connectivity index (χ0n) is 14.1. The Morgan fingerprint density at radius 3 is 2.36 bits per heavy atom. The molecule has 0 aromatic heterocycles. The summed E-state index contributed by atoms with van der Waals surface area (Å²) in [5.74, 6) is 0.692. The van der Waals surface area contributed by atoms with E-state index in [0.29, 0.717) is 0 Å². The zero-order valence-corrected chi connectivity index (χ0v) is 14.1. The number of likely N-dealkylation sites (tertiary alicyclic amines) is 1. The number of rotatable bonds is 3. The predicted octanol–water partition coefficient (Wildman–Crippen LogP) is 2.32. The summed E-state index contributed by atoms with van der Waals surface area (Å²) in [4.78, 5) is 18.5. The molecule has 1 aromatic rings. The molecule has 2 N–H and O–H groups in total. The van der Waals surface area contributed by atoms with Crippen molar-refractivity contribution in [3.8, 4) is 0 Å². The van der Waals surface area contributed by atoms with E-state index < -0.39 is 0 Å². The van der Waals surface area contributed by atoms with Gasteiger partial charge in [-0.05, 0) is 26.0 Å². The van der Waals surface area contributed by atoms with Gasteiger partial charge in [-0.1, -0.05) is 32.0 Å². The van der Waals surface area contributed by atoms with E-state index in [2.05, 4.69) is 48.2 Å². The molecule has 0 aliphatic carbocycles. The van der Waals surface area contributed by atoms with E-state index in [1.807, 2.05) is 30.3 Å². The quantitative estimate of drug-likeness (QED) is 0.665. The highest BCUT2D eigenvalue weighted by molar-refractivity contribution is 5.95. The lowest BCUT2D eigenvalue weighted by molar-refractivity contribution is -0.115. The van der Waals surface area contributed by atoms with Gasteiger partial charge < -0.3 is 15.5 Å². The van der Waals surface area contributed by atoms with E-state index in [1.165, 1.54) is 0 Å². The van der Waals surface area contributed by atoms with E-state index in [9.17, 15) is 4.79 Å². The summed E-state index contributed by atoms with van der Waals surface area (Å²) in [6, 6.07) is 9.45. The van der Waals surface area contributed by atoms with Crippen molar-refractivity contribution in [2.45, 2.75) is 33.2 Å². The second kappa shape index (κ2) is 5.99. The number of nitrogens with zero attached hydrogens (tertiary/aromatic N) is 2. The van der Waals surface area contributed by atoms with Crippen molar-refractivity contribution < 1.29 is 4.79 Å². The minimum Gasteiger partial charge on any atom is -0.347 e. The Hall–Kier alpha value is -2.04. The van der Waals surface area contributed by atoms with Crippen LogP contribution in [0.15, 0.2) is 35.3 Å². The molecule has 1 saturated heterocycles. The van der Waals surface area contributed by atoms with Crippen LogP contribution in [-0.4, -0.2) is 42.4 Å². The first-order valence-corrected chi connectivity index (χ1v) is 7.61. The van der Waals surface area contributed by atoms with Crippen LogP contribution in [0.1, 0.15) is 27.7 Å². The molecular weight excluding hydrogens is 276 g/mol. The van der Waals surface area contributed by atoms with Crippen LogP contribution >= 0.6 is 0 Å². The number of hydrogen-bond acceptors (Lipinski definition) is 2. The third-order valence-electron chi connectivity index (χ3n) is 4.82. The van der Waals surface area contributed by atoms with Crippen LogP contribution in [0.2, 0.25) is 0 Å². The maximum Gasteiger partial charge on any atom is 0.243 e. The fourth-order valence-electron chi connectivity index (χ4n) is 2.58. The summed E-state index contributed by atoms with van der Waals surface area (Å²) in [6.45, 7) is 10.0. The highest BCUT2D eigenvalue weighted by Crippen LogP contribution is 2.46. The van der Waals surface area contributed by atoms with Gasteiger partial charge in [0, 0.05) is 30.2 Å². The predicted molar refractivity (Wildman–Crippen MR) is 91.0 cm³/mol. The molecule has 0 bridgehead atoms. The van der Waals surface area contributed by atoms with Gasteiger partial charge in [-0.2, -0.15) is 0 Å². The second-order valence-electron chi connectivity index (χ2n) is 6.84. The number of para-hydroxylation sites is 1. The van der Waals surface area contributed by atoms with Crippen LogP contribution in [-0.2, 0) is 4.79 Å². The number of amides is 1. The van der Waals surface area contributed by atoms with E-state index in [0.717, 1.165) is 18.2 Å². The fraction of sp³-hybridized carbons (Fsp3) is 0.529. The third kappa shape index (κ3) is 3.08. The van der Waals surface area contributed by atoms with Crippen LogP contribution in [0.3, 0.4) is 0 Å². The van der Waals surface area contributed by atoms with Gasteiger partial charge in [-0.3, -0.25) is 9.79 Å². The minimum atomic E-state index is -0.0788. The molecule has 0 atom stereocenters. The minimum absolute atomic E-state index is 0.0186. The summed E-state index contributed by atoms with van der Waals surface area (Å²) < 4.78 is 0. The third-order valence-corrected chi connectivity index (χ3v) is 4.82. The Labute approximate surface area is 132 Å². The monoisotopic (exact) mass is 302 g/mol. The Balaban J connectivity index is 1.89. The van der Waals surface area contributed by atoms with Crippen molar-refractivity contribution in [3.63, 3.8) is 0 Å². The number of hydrogen-bond donors (Lipinski definition) is 2. The van der Waals surface area contributed by atoms with Crippen LogP contribution in [0.4, 0.5) is 5.69 Å². The molecule has 0 unspecified atom stereocenters. The molecule has 1 aromatic carbocycles. The summed E-state index contributed by atoms with van der Waals surface area (Å²) in [5, 5.41) is 6.01. The molecule has 120 valence electrons. The fourth-order valence-corrected chi connectivity index (χ4v) is 2.58. The number of guanidine groups is 1. The molecule has 1 heterocycles. The van der Waals surface area contributed by atoms with E-state index in [4.69, 9.17) is 0 Å². The molecule has 5 nitrogen and oxygen atoms in total. The highest BCUT2D eigenvalue weighted by Gasteiger charge is 2.53. The molecule has 22 heavy (non-hydrogen) atoms. The Kier molecular flexibility index (Phi) is 4.44. The van der Waals surface area contributed by atoms with Crippen molar-refractivity contribution in [3.05, 3.63) is 30.3 Å². The number of carbonyl (C=O) groups excluding carboxylic acids is 1. The van der Waals surface area contributed by atoms with E-state index in [-0.39, 0.29) is 23.4 Å². The number of anilines is 1. The first-order chi connectivity index (χ1) is 10.3. The van der Waals surface area contributed by atoms with Crippen LogP contribution in [0.25, 0.3) is 0 Å². The van der Waals surface area contributed by atoms with Crippen molar-refractivity contribution >= 4 is 17.6 Å². The van der Waals surface area contributed by atoms with Gasteiger partial charge in [0.1, 0.15) is 0 Å². The summed E-state index contributed by atoms with van der Waals surface area (Å²) in [7, 11) is 1.75. The van der Waals surface area contributed by atoms with Crippen LogP contribution in [0, 0.1) is 5.41 Å². The van der Waals surface area contributed by atoms with Gasteiger partial charge in [0.2, 0.25) is 5.91 Å². The molecule has 1 amide bonds. The molecular formula is C17H26N4O. The average Bonchev–Trinajstić information content (AvgIpc) is 2.47. The molecule has 5 heteroatoms. The molecule has 0 spiro atoms. The first kappa shape index (κ1) is 16.3. The SMILES string of the molecule is CN=C(NCC(=O)Nc1ccccc1)N1CC(C)(C)C1(C)C. The molecule has 1 aliphatic rings. The molecule has 0 radical (unpaired) electrons.